The Morgan fingerprint density at radius 1 is 1.00 bits per heavy atom. The van der Waals surface area contributed by atoms with Crippen molar-refractivity contribution in [3.8, 4) is 0 Å². The Labute approximate surface area is 220 Å². The van der Waals surface area contributed by atoms with Gasteiger partial charge >= 0.3 is 5.97 Å². The Balaban J connectivity index is 1.73. The largest absolute Gasteiger partial charge is 0.460 e. The van der Waals surface area contributed by atoms with Crippen LogP contribution >= 0.6 is 34.8 Å². The van der Waals surface area contributed by atoms with Gasteiger partial charge in [0.1, 0.15) is 6.61 Å². The summed E-state index contributed by atoms with van der Waals surface area (Å²) >= 11 is 18.5. The van der Waals surface area contributed by atoms with Gasteiger partial charge in [-0.2, -0.15) is 0 Å². The van der Waals surface area contributed by atoms with Crippen LogP contribution in [0.4, 0.5) is 0 Å². The van der Waals surface area contributed by atoms with Crippen molar-refractivity contribution in [1.82, 2.24) is 5.32 Å². The zero-order chi connectivity index (χ0) is 25.1. The van der Waals surface area contributed by atoms with E-state index in [2.05, 4.69) is 5.32 Å². The number of esters is 1. The van der Waals surface area contributed by atoms with Gasteiger partial charge in [-0.1, -0.05) is 53.0 Å². The maximum Gasteiger partial charge on any atom is 0.336 e. The summed E-state index contributed by atoms with van der Waals surface area (Å²) in [7, 11) is 0. The second-order valence-corrected chi connectivity index (χ2v) is 9.83. The van der Waals surface area contributed by atoms with Crippen LogP contribution in [0.3, 0.4) is 0 Å². The minimum absolute atomic E-state index is 0.00738. The van der Waals surface area contributed by atoms with Gasteiger partial charge in [-0.3, -0.25) is 4.79 Å². The first-order valence-corrected chi connectivity index (χ1v) is 12.6. The number of hydrogen-bond acceptors (Lipinski definition) is 5. The predicted molar refractivity (Wildman–Crippen MR) is 138 cm³/mol. The molecule has 2 aromatic rings. The molecule has 2 aromatic carbocycles. The van der Waals surface area contributed by atoms with E-state index in [1.807, 2.05) is 38.1 Å². The van der Waals surface area contributed by atoms with Crippen LogP contribution < -0.4 is 5.32 Å². The van der Waals surface area contributed by atoms with Crippen molar-refractivity contribution in [3.63, 3.8) is 0 Å². The highest BCUT2D eigenvalue weighted by Crippen LogP contribution is 2.46. The van der Waals surface area contributed by atoms with Crippen molar-refractivity contribution in [2.24, 2.45) is 0 Å². The van der Waals surface area contributed by atoms with Gasteiger partial charge in [-0.25, -0.2) is 4.79 Å². The molecule has 1 aliphatic carbocycles. The zero-order valence-electron chi connectivity index (χ0n) is 19.5. The standard InChI is InChI=1S/C27H26Cl3NO4/c1-3-34-10-11-35-27(33)24-15(2)31-22-13-18(16-4-7-19(28)8-5-16)14-23(32)26(22)25(24)17-6-9-20(29)21(30)12-17/h4-9,12,18,25,31H,3,10-11,13-14H2,1-2H3/t18-,25-/m1/s1. The minimum atomic E-state index is -0.612. The number of dihydropyridines is 1. The van der Waals surface area contributed by atoms with E-state index in [-0.39, 0.29) is 18.3 Å². The molecule has 0 amide bonds. The highest BCUT2D eigenvalue weighted by molar-refractivity contribution is 6.42. The number of hydrogen-bond donors (Lipinski definition) is 1. The average Bonchev–Trinajstić information content (AvgIpc) is 2.83. The molecule has 0 fully saturated rings. The first kappa shape index (κ1) is 25.8. The molecule has 0 aromatic heterocycles. The molecule has 35 heavy (non-hydrogen) atoms. The first-order valence-electron chi connectivity index (χ1n) is 11.5. The quantitative estimate of drug-likeness (QED) is 0.321. The lowest BCUT2D eigenvalue weighted by Gasteiger charge is -2.36. The molecule has 0 unspecified atom stereocenters. The topological polar surface area (TPSA) is 64.6 Å². The van der Waals surface area contributed by atoms with Crippen LogP contribution in [0.2, 0.25) is 15.1 Å². The van der Waals surface area contributed by atoms with Gasteiger partial charge in [0.05, 0.1) is 22.2 Å². The molecule has 1 aliphatic heterocycles. The van der Waals surface area contributed by atoms with Crippen molar-refractivity contribution in [2.45, 2.75) is 38.5 Å². The van der Waals surface area contributed by atoms with Crippen molar-refractivity contribution < 1.29 is 19.1 Å². The molecule has 8 heteroatoms. The number of ether oxygens (including phenoxy) is 2. The number of nitrogens with one attached hydrogen (secondary N) is 1. The van der Waals surface area contributed by atoms with Gasteiger partial charge in [0.2, 0.25) is 0 Å². The molecule has 0 bridgehead atoms. The third kappa shape index (κ3) is 5.59. The zero-order valence-corrected chi connectivity index (χ0v) is 21.8. The van der Waals surface area contributed by atoms with E-state index in [1.54, 1.807) is 18.2 Å². The third-order valence-corrected chi connectivity index (χ3v) is 7.32. The van der Waals surface area contributed by atoms with E-state index in [0.29, 0.717) is 63.5 Å². The van der Waals surface area contributed by atoms with Crippen LogP contribution in [0, 0.1) is 0 Å². The van der Waals surface area contributed by atoms with Gasteiger partial charge in [0.25, 0.3) is 0 Å². The van der Waals surface area contributed by atoms with Gasteiger partial charge in [-0.05, 0) is 61.6 Å². The number of halogens is 3. The average molecular weight is 535 g/mol. The summed E-state index contributed by atoms with van der Waals surface area (Å²) in [5.41, 5.74) is 4.16. The van der Waals surface area contributed by atoms with Gasteiger partial charge in [0, 0.05) is 40.9 Å². The molecular formula is C27H26Cl3NO4. The second kappa shape index (κ2) is 11.2. The van der Waals surface area contributed by atoms with Crippen molar-refractivity contribution in [3.05, 3.63) is 91.2 Å². The van der Waals surface area contributed by atoms with Crippen LogP contribution in [0.25, 0.3) is 0 Å². The number of benzene rings is 2. The lowest BCUT2D eigenvalue weighted by molar-refractivity contribution is -0.140. The van der Waals surface area contributed by atoms with E-state index in [0.717, 1.165) is 11.3 Å². The smallest absolute Gasteiger partial charge is 0.336 e. The third-order valence-electron chi connectivity index (χ3n) is 6.33. The summed E-state index contributed by atoms with van der Waals surface area (Å²) in [6, 6.07) is 12.8. The maximum atomic E-state index is 13.6. The number of rotatable bonds is 7. The van der Waals surface area contributed by atoms with Gasteiger partial charge in [-0.15, -0.1) is 0 Å². The fraction of sp³-hybridized carbons (Fsp3) is 0.333. The monoisotopic (exact) mass is 533 g/mol. The lowest BCUT2D eigenvalue weighted by Crippen LogP contribution is -2.36. The molecule has 0 saturated carbocycles. The normalized spacial score (nSPS) is 20.0. The highest BCUT2D eigenvalue weighted by Gasteiger charge is 2.41. The molecule has 1 heterocycles. The summed E-state index contributed by atoms with van der Waals surface area (Å²) in [6.45, 7) is 4.65. The molecule has 2 atom stereocenters. The number of carbonyl (C=O) groups is 2. The number of ketones is 1. The van der Waals surface area contributed by atoms with Crippen molar-refractivity contribution in [1.29, 1.82) is 0 Å². The molecule has 5 nitrogen and oxygen atoms in total. The number of Topliss-reactive ketones (excluding diaryl/α,β-unsaturated/α-hetero) is 1. The fourth-order valence-corrected chi connectivity index (χ4v) is 5.15. The molecule has 4 rings (SSSR count). The number of allylic oxidation sites excluding steroid dienone is 3. The van der Waals surface area contributed by atoms with Gasteiger partial charge in [0.15, 0.2) is 5.78 Å². The van der Waals surface area contributed by atoms with Crippen LogP contribution in [-0.4, -0.2) is 31.6 Å². The van der Waals surface area contributed by atoms with E-state index in [4.69, 9.17) is 44.3 Å². The fourth-order valence-electron chi connectivity index (χ4n) is 4.72. The van der Waals surface area contributed by atoms with E-state index >= 15 is 0 Å². The molecule has 0 saturated heterocycles. The van der Waals surface area contributed by atoms with E-state index < -0.39 is 11.9 Å². The Hall–Kier alpha value is -2.31. The predicted octanol–water partition coefficient (Wildman–Crippen LogP) is 6.59. The van der Waals surface area contributed by atoms with Crippen LogP contribution in [0.1, 0.15) is 49.7 Å². The lowest BCUT2D eigenvalue weighted by atomic mass is 9.72. The number of carbonyl (C=O) groups excluding carboxylic acids is 2. The Morgan fingerprint density at radius 3 is 2.40 bits per heavy atom. The van der Waals surface area contributed by atoms with Crippen LogP contribution in [0.5, 0.6) is 0 Å². The maximum absolute atomic E-state index is 13.6. The molecule has 1 N–H and O–H groups in total. The molecule has 0 radical (unpaired) electrons. The summed E-state index contributed by atoms with van der Waals surface area (Å²) in [5.74, 6) is -1.13. The Bertz CT molecular complexity index is 1200. The molecule has 2 aliphatic rings. The van der Waals surface area contributed by atoms with Gasteiger partial charge < -0.3 is 14.8 Å². The second-order valence-electron chi connectivity index (χ2n) is 8.58. The van der Waals surface area contributed by atoms with Crippen molar-refractivity contribution in [2.75, 3.05) is 19.8 Å². The SMILES string of the molecule is CCOCCOC(=O)C1=C(C)NC2=C(C(=O)C[C@H](c3ccc(Cl)cc3)C2)[C@@H]1c1ccc(Cl)c(Cl)c1. The van der Waals surface area contributed by atoms with E-state index in [1.165, 1.54) is 0 Å². The van der Waals surface area contributed by atoms with Crippen molar-refractivity contribution >= 4 is 46.6 Å². The van der Waals surface area contributed by atoms with E-state index in [9.17, 15) is 9.59 Å². The Kier molecular flexibility index (Phi) is 8.23. The Morgan fingerprint density at radius 2 is 1.71 bits per heavy atom. The molecule has 0 spiro atoms. The first-order chi connectivity index (χ1) is 16.8. The molecule has 184 valence electrons. The summed E-state index contributed by atoms with van der Waals surface area (Å²) in [6.07, 6.45) is 0.955. The van der Waals surface area contributed by atoms with Crippen LogP contribution in [0.15, 0.2) is 65.0 Å². The highest BCUT2D eigenvalue weighted by atomic mass is 35.5. The minimum Gasteiger partial charge on any atom is -0.460 e. The molecular weight excluding hydrogens is 509 g/mol. The summed E-state index contributed by atoms with van der Waals surface area (Å²) in [5, 5.41) is 4.75. The summed E-state index contributed by atoms with van der Waals surface area (Å²) in [4.78, 5) is 26.8. The summed E-state index contributed by atoms with van der Waals surface area (Å²) < 4.78 is 10.8. The van der Waals surface area contributed by atoms with Crippen LogP contribution in [-0.2, 0) is 19.1 Å².